The van der Waals surface area contributed by atoms with Crippen molar-refractivity contribution in [3.63, 3.8) is 0 Å². The molecule has 0 heterocycles. The number of benzene rings is 1. The number of halogens is 3. The second kappa shape index (κ2) is 6.65. The van der Waals surface area contributed by atoms with Crippen LogP contribution >= 0.6 is 0 Å². The maximum absolute atomic E-state index is 12.1. The minimum Gasteiger partial charge on any atom is -0.479 e. The van der Waals surface area contributed by atoms with Crippen molar-refractivity contribution in [1.82, 2.24) is 5.32 Å². The third-order valence-electron chi connectivity index (χ3n) is 2.59. The molecule has 1 rings (SSSR count). The van der Waals surface area contributed by atoms with Crippen molar-refractivity contribution in [3.05, 3.63) is 29.8 Å². The molecule has 1 aromatic carbocycles. The smallest absolute Gasteiger partial charge is 0.479 e. The molecule has 0 radical (unpaired) electrons. The monoisotopic (exact) mass is 321 g/mol. The number of amides is 1. The molecular weight excluding hydrogens is 307 g/mol. The molecule has 0 saturated heterocycles. The average molecular weight is 321 g/mol. The van der Waals surface area contributed by atoms with Crippen LogP contribution in [0.2, 0.25) is 0 Å². The van der Waals surface area contributed by atoms with Crippen molar-refractivity contribution < 1.29 is 37.7 Å². The molecule has 0 saturated carbocycles. The van der Waals surface area contributed by atoms with Crippen LogP contribution in [-0.4, -0.2) is 40.6 Å². The van der Waals surface area contributed by atoms with E-state index in [0.29, 0.717) is 0 Å². The SMILES string of the molecule is CC(O)(CNC(=O)Cc1cccc(OC(F)(F)F)c1)C(=O)O. The molecule has 1 amide bonds. The van der Waals surface area contributed by atoms with E-state index in [2.05, 4.69) is 10.1 Å². The molecule has 122 valence electrons. The fraction of sp³-hybridized carbons (Fsp3) is 0.385. The largest absolute Gasteiger partial charge is 0.573 e. The fourth-order valence-corrected chi connectivity index (χ4v) is 1.45. The first-order valence-corrected chi connectivity index (χ1v) is 6.07. The first kappa shape index (κ1) is 17.8. The van der Waals surface area contributed by atoms with Gasteiger partial charge in [-0.2, -0.15) is 0 Å². The summed E-state index contributed by atoms with van der Waals surface area (Å²) in [7, 11) is 0. The number of ether oxygens (including phenoxy) is 1. The summed E-state index contributed by atoms with van der Waals surface area (Å²) in [6, 6.07) is 4.84. The van der Waals surface area contributed by atoms with E-state index in [1.807, 2.05) is 0 Å². The van der Waals surface area contributed by atoms with Crippen LogP contribution in [0.3, 0.4) is 0 Å². The maximum atomic E-state index is 12.1. The molecule has 0 aromatic heterocycles. The molecule has 22 heavy (non-hydrogen) atoms. The highest BCUT2D eigenvalue weighted by molar-refractivity contribution is 5.81. The lowest BCUT2D eigenvalue weighted by atomic mass is 10.1. The molecule has 1 unspecified atom stereocenters. The van der Waals surface area contributed by atoms with Gasteiger partial charge in [-0.05, 0) is 24.6 Å². The average Bonchev–Trinajstić information content (AvgIpc) is 2.34. The predicted molar refractivity (Wildman–Crippen MR) is 68.1 cm³/mol. The van der Waals surface area contributed by atoms with Crippen LogP contribution in [0.4, 0.5) is 13.2 Å². The first-order valence-electron chi connectivity index (χ1n) is 6.07. The zero-order valence-electron chi connectivity index (χ0n) is 11.5. The highest BCUT2D eigenvalue weighted by Crippen LogP contribution is 2.23. The molecule has 0 aliphatic rings. The van der Waals surface area contributed by atoms with E-state index in [-0.39, 0.29) is 12.0 Å². The molecule has 3 N–H and O–H groups in total. The van der Waals surface area contributed by atoms with Gasteiger partial charge in [-0.3, -0.25) is 4.79 Å². The van der Waals surface area contributed by atoms with Crippen molar-refractivity contribution >= 4 is 11.9 Å². The van der Waals surface area contributed by atoms with Crippen LogP contribution in [0.1, 0.15) is 12.5 Å². The fourth-order valence-electron chi connectivity index (χ4n) is 1.45. The van der Waals surface area contributed by atoms with Gasteiger partial charge in [-0.25, -0.2) is 4.79 Å². The summed E-state index contributed by atoms with van der Waals surface area (Å²) in [4.78, 5) is 22.2. The molecule has 0 aliphatic heterocycles. The Morgan fingerprint density at radius 3 is 2.50 bits per heavy atom. The highest BCUT2D eigenvalue weighted by Gasteiger charge is 2.31. The Hall–Kier alpha value is -2.29. The summed E-state index contributed by atoms with van der Waals surface area (Å²) in [5.41, 5.74) is -1.88. The third-order valence-corrected chi connectivity index (χ3v) is 2.59. The van der Waals surface area contributed by atoms with Gasteiger partial charge in [0.05, 0.1) is 13.0 Å². The summed E-state index contributed by atoms with van der Waals surface area (Å²) in [5, 5.41) is 20.3. The zero-order chi connectivity index (χ0) is 17.0. The second-order valence-corrected chi connectivity index (χ2v) is 4.73. The Bertz CT molecular complexity index is 557. The molecule has 0 spiro atoms. The minimum absolute atomic E-state index is 0.245. The second-order valence-electron chi connectivity index (χ2n) is 4.73. The number of nitrogens with one attached hydrogen (secondary N) is 1. The Morgan fingerprint density at radius 1 is 1.32 bits per heavy atom. The van der Waals surface area contributed by atoms with Crippen LogP contribution in [0.15, 0.2) is 24.3 Å². The van der Waals surface area contributed by atoms with E-state index in [1.54, 1.807) is 0 Å². The number of aliphatic hydroxyl groups is 1. The molecule has 0 aliphatic carbocycles. The molecule has 1 atom stereocenters. The number of aliphatic carboxylic acids is 1. The lowest BCUT2D eigenvalue weighted by Crippen LogP contribution is -2.46. The first-order chi connectivity index (χ1) is 9.99. The maximum Gasteiger partial charge on any atom is 0.573 e. The quantitative estimate of drug-likeness (QED) is 0.729. The van der Waals surface area contributed by atoms with Gasteiger partial charge in [-0.15, -0.1) is 13.2 Å². The molecule has 6 nitrogen and oxygen atoms in total. The van der Waals surface area contributed by atoms with Crippen LogP contribution in [0, 0.1) is 0 Å². The summed E-state index contributed by atoms with van der Waals surface area (Å²) >= 11 is 0. The summed E-state index contributed by atoms with van der Waals surface area (Å²) in [6.07, 6.45) is -5.12. The lowest BCUT2D eigenvalue weighted by molar-refractivity contribution is -0.274. The summed E-state index contributed by atoms with van der Waals surface area (Å²) < 4.78 is 40.0. The van der Waals surface area contributed by atoms with Gasteiger partial charge in [-0.1, -0.05) is 12.1 Å². The number of carboxylic acid groups (broad SMARTS) is 1. The number of rotatable bonds is 6. The Morgan fingerprint density at radius 2 is 1.95 bits per heavy atom. The highest BCUT2D eigenvalue weighted by atomic mass is 19.4. The van der Waals surface area contributed by atoms with Gasteiger partial charge in [0, 0.05) is 0 Å². The van der Waals surface area contributed by atoms with E-state index in [1.165, 1.54) is 12.1 Å². The normalized spacial score (nSPS) is 14.0. The molecule has 9 heteroatoms. The van der Waals surface area contributed by atoms with E-state index < -0.39 is 36.1 Å². The van der Waals surface area contributed by atoms with Crippen LogP contribution in [0.5, 0.6) is 5.75 Å². The molecular formula is C13H14F3NO5. The predicted octanol–water partition coefficient (Wildman–Crippen LogP) is 1.08. The molecule has 1 aromatic rings. The van der Waals surface area contributed by atoms with Gasteiger partial charge in [0.15, 0.2) is 5.60 Å². The van der Waals surface area contributed by atoms with Gasteiger partial charge < -0.3 is 20.3 Å². The van der Waals surface area contributed by atoms with E-state index >= 15 is 0 Å². The zero-order valence-corrected chi connectivity index (χ0v) is 11.5. The van der Waals surface area contributed by atoms with Crippen molar-refractivity contribution in [2.45, 2.75) is 25.3 Å². The lowest BCUT2D eigenvalue weighted by Gasteiger charge is -2.18. The van der Waals surface area contributed by atoms with E-state index in [4.69, 9.17) is 5.11 Å². The van der Waals surface area contributed by atoms with Crippen LogP contribution in [-0.2, 0) is 16.0 Å². The number of carbonyl (C=O) groups is 2. The van der Waals surface area contributed by atoms with E-state index in [9.17, 15) is 27.9 Å². The number of hydrogen-bond acceptors (Lipinski definition) is 4. The number of alkyl halides is 3. The number of carboxylic acids is 1. The van der Waals surface area contributed by atoms with Gasteiger partial charge >= 0.3 is 12.3 Å². The molecule has 0 bridgehead atoms. The number of hydrogen-bond donors (Lipinski definition) is 3. The van der Waals surface area contributed by atoms with Crippen molar-refractivity contribution in [3.8, 4) is 5.75 Å². The Labute approximate surface area is 123 Å². The van der Waals surface area contributed by atoms with Crippen molar-refractivity contribution in [2.75, 3.05) is 6.54 Å². The third kappa shape index (κ3) is 6.00. The summed E-state index contributed by atoms with van der Waals surface area (Å²) in [6.45, 7) is 0.479. The van der Waals surface area contributed by atoms with Gasteiger partial charge in [0.1, 0.15) is 5.75 Å². The van der Waals surface area contributed by atoms with Crippen LogP contribution < -0.4 is 10.1 Å². The Kier molecular flexibility index (Phi) is 5.37. The van der Waals surface area contributed by atoms with Crippen molar-refractivity contribution in [1.29, 1.82) is 0 Å². The van der Waals surface area contributed by atoms with Crippen molar-refractivity contribution in [2.24, 2.45) is 0 Å². The standard InChI is InChI=1S/C13H14F3NO5/c1-12(21,11(19)20)7-17-10(18)6-8-3-2-4-9(5-8)22-13(14,15)16/h2-5,21H,6-7H2,1H3,(H,17,18)(H,19,20). The minimum atomic E-state index is -4.83. The van der Waals surface area contributed by atoms with Gasteiger partial charge in [0.2, 0.25) is 5.91 Å². The topological polar surface area (TPSA) is 95.9 Å². The van der Waals surface area contributed by atoms with Crippen LogP contribution in [0.25, 0.3) is 0 Å². The molecule has 0 fully saturated rings. The number of carbonyl (C=O) groups excluding carboxylic acids is 1. The Balaban J connectivity index is 2.62. The van der Waals surface area contributed by atoms with E-state index in [0.717, 1.165) is 19.1 Å². The van der Waals surface area contributed by atoms with Gasteiger partial charge in [0.25, 0.3) is 0 Å². The summed E-state index contributed by atoms with van der Waals surface area (Å²) in [5.74, 6) is -2.62.